The maximum Gasteiger partial charge on any atom is 0.225 e. The smallest absolute Gasteiger partial charge is 0.225 e. The van der Waals surface area contributed by atoms with Crippen LogP contribution in [0.2, 0.25) is 5.28 Å². The Labute approximate surface area is 102 Å². The minimum atomic E-state index is 0.0136. The molecular weight excluding hydrogens is 222 g/mol. The predicted molar refractivity (Wildman–Crippen MR) is 65.7 cm³/mol. The molecule has 0 aromatic carbocycles. The highest BCUT2D eigenvalue weighted by Crippen LogP contribution is 2.31. The Morgan fingerprint density at radius 1 is 1.31 bits per heavy atom. The van der Waals surface area contributed by atoms with Crippen molar-refractivity contribution in [3.63, 3.8) is 0 Å². The van der Waals surface area contributed by atoms with E-state index in [1.54, 1.807) is 0 Å². The Morgan fingerprint density at radius 3 is 2.50 bits per heavy atom. The molecule has 1 aliphatic carbocycles. The van der Waals surface area contributed by atoms with E-state index in [0.29, 0.717) is 5.28 Å². The van der Waals surface area contributed by atoms with E-state index in [-0.39, 0.29) is 5.41 Å². The fourth-order valence-corrected chi connectivity index (χ4v) is 2.33. The summed E-state index contributed by atoms with van der Waals surface area (Å²) in [6.45, 7) is 7.40. The molecule has 1 fully saturated rings. The molecule has 0 amide bonds. The first-order valence-corrected chi connectivity index (χ1v) is 6.45. The molecule has 1 saturated carbocycles. The summed E-state index contributed by atoms with van der Waals surface area (Å²) in [5.41, 5.74) is 0.0136. The van der Waals surface area contributed by atoms with Gasteiger partial charge in [-0.2, -0.15) is 0 Å². The first-order chi connectivity index (χ1) is 7.48. The van der Waals surface area contributed by atoms with Gasteiger partial charge in [0.25, 0.3) is 0 Å². The van der Waals surface area contributed by atoms with Crippen molar-refractivity contribution in [2.24, 2.45) is 5.92 Å². The molecule has 16 heavy (non-hydrogen) atoms. The maximum atomic E-state index is 6.09. The fourth-order valence-electron chi connectivity index (χ4n) is 2.13. The molecule has 2 rings (SSSR count). The van der Waals surface area contributed by atoms with Gasteiger partial charge in [0.1, 0.15) is 5.82 Å². The largest absolute Gasteiger partial charge is 0.301 e. The van der Waals surface area contributed by atoms with Crippen LogP contribution in [0.3, 0.4) is 0 Å². The molecule has 0 N–H and O–H groups in total. The normalized spacial score (nSPS) is 17.5. The zero-order chi connectivity index (χ0) is 11.8. The molecule has 1 heterocycles. The summed E-state index contributed by atoms with van der Waals surface area (Å²) < 4.78 is 2.07. The second-order valence-corrected chi connectivity index (χ2v) is 6.12. The predicted octanol–water partition coefficient (Wildman–Crippen LogP) is 3.42. The topological polar surface area (TPSA) is 30.7 Å². The van der Waals surface area contributed by atoms with Crippen molar-refractivity contribution >= 4 is 11.6 Å². The Morgan fingerprint density at radius 2 is 2.00 bits per heavy atom. The number of hydrogen-bond acceptors (Lipinski definition) is 2. The number of halogens is 1. The van der Waals surface area contributed by atoms with Gasteiger partial charge >= 0.3 is 0 Å². The summed E-state index contributed by atoms with van der Waals surface area (Å²) in [6.07, 6.45) is 5.36. The van der Waals surface area contributed by atoms with E-state index in [0.717, 1.165) is 18.3 Å². The van der Waals surface area contributed by atoms with Crippen LogP contribution in [-0.2, 0) is 12.0 Å². The molecule has 0 bridgehead atoms. The van der Waals surface area contributed by atoms with Gasteiger partial charge in [0.15, 0.2) is 0 Å². The highest BCUT2D eigenvalue weighted by molar-refractivity contribution is 6.28. The molecule has 0 saturated heterocycles. The monoisotopic (exact) mass is 241 g/mol. The van der Waals surface area contributed by atoms with Crippen LogP contribution in [-0.4, -0.2) is 14.8 Å². The maximum absolute atomic E-state index is 6.09. The third kappa shape index (κ3) is 2.40. The van der Waals surface area contributed by atoms with Gasteiger partial charge in [-0.15, -0.1) is 10.2 Å². The van der Waals surface area contributed by atoms with Crippen LogP contribution < -0.4 is 0 Å². The summed E-state index contributed by atoms with van der Waals surface area (Å²) in [4.78, 5) is 0. The molecule has 0 spiro atoms. The molecular formula is C12H20ClN3. The van der Waals surface area contributed by atoms with Gasteiger partial charge in [-0.1, -0.05) is 40.0 Å². The molecule has 3 nitrogen and oxygen atoms in total. The lowest BCUT2D eigenvalue weighted by molar-refractivity contribution is 0.279. The van der Waals surface area contributed by atoms with E-state index in [1.165, 1.54) is 25.7 Å². The van der Waals surface area contributed by atoms with Crippen LogP contribution in [0.4, 0.5) is 0 Å². The molecule has 1 aromatic rings. The average Bonchev–Trinajstić information content (AvgIpc) is 2.44. The van der Waals surface area contributed by atoms with E-state index >= 15 is 0 Å². The molecule has 0 aliphatic heterocycles. The van der Waals surface area contributed by atoms with Gasteiger partial charge in [-0.3, -0.25) is 0 Å². The number of hydrogen-bond donors (Lipinski definition) is 0. The van der Waals surface area contributed by atoms with Gasteiger partial charge in [-0.25, -0.2) is 0 Å². The second-order valence-electron chi connectivity index (χ2n) is 5.78. The van der Waals surface area contributed by atoms with Crippen molar-refractivity contribution in [3.8, 4) is 0 Å². The van der Waals surface area contributed by atoms with Crippen molar-refractivity contribution < 1.29 is 0 Å². The lowest BCUT2D eigenvalue weighted by Gasteiger charge is -2.26. The highest BCUT2D eigenvalue weighted by atomic mass is 35.5. The van der Waals surface area contributed by atoms with Crippen LogP contribution in [0.5, 0.6) is 0 Å². The minimum Gasteiger partial charge on any atom is -0.301 e. The molecule has 0 radical (unpaired) electrons. The molecule has 1 aliphatic rings. The van der Waals surface area contributed by atoms with Crippen LogP contribution in [0.15, 0.2) is 0 Å². The van der Waals surface area contributed by atoms with Crippen molar-refractivity contribution in [2.75, 3.05) is 0 Å². The van der Waals surface area contributed by atoms with Gasteiger partial charge in [0.2, 0.25) is 5.28 Å². The van der Waals surface area contributed by atoms with Crippen LogP contribution >= 0.6 is 11.6 Å². The fraction of sp³-hybridized carbons (Fsp3) is 0.833. The Balaban J connectivity index is 2.08. The molecule has 90 valence electrons. The van der Waals surface area contributed by atoms with E-state index in [4.69, 9.17) is 11.6 Å². The number of nitrogens with zero attached hydrogens (tertiary/aromatic N) is 3. The summed E-state index contributed by atoms with van der Waals surface area (Å²) >= 11 is 6.09. The first kappa shape index (κ1) is 11.9. The average molecular weight is 242 g/mol. The lowest BCUT2D eigenvalue weighted by atomic mass is 9.83. The summed E-state index contributed by atoms with van der Waals surface area (Å²) in [5, 5.41) is 8.70. The van der Waals surface area contributed by atoms with Gasteiger partial charge in [-0.05, 0) is 23.9 Å². The van der Waals surface area contributed by atoms with E-state index < -0.39 is 0 Å². The molecule has 4 heteroatoms. The van der Waals surface area contributed by atoms with Crippen molar-refractivity contribution in [1.29, 1.82) is 0 Å². The SMILES string of the molecule is CC(C)(C)c1nnc(Cl)n1CCC1CCC1. The number of aromatic nitrogens is 3. The molecule has 1 aromatic heterocycles. The van der Waals surface area contributed by atoms with Crippen LogP contribution in [0, 0.1) is 5.92 Å². The zero-order valence-electron chi connectivity index (χ0n) is 10.3. The summed E-state index contributed by atoms with van der Waals surface area (Å²) in [5.74, 6) is 1.89. The second kappa shape index (κ2) is 4.36. The third-order valence-corrected chi connectivity index (χ3v) is 3.64. The summed E-state index contributed by atoms with van der Waals surface area (Å²) in [6, 6.07) is 0. The van der Waals surface area contributed by atoms with E-state index in [2.05, 4.69) is 35.5 Å². The standard InChI is InChI=1S/C12H20ClN3/c1-12(2,3)10-14-15-11(13)16(10)8-7-9-5-4-6-9/h9H,4-8H2,1-3H3. The first-order valence-electron chi connectivity index (χ1n) is 6.07. The van der Waals surface area contributed by atoms with Gasteiger partial charge in [0, 0.05) is 12.0 Å². The van der Waals surface area contributed by atoms with Crippen LogP contribution in [0.25, 0.3) is 0 Å². The van der Waals surface area contributed by atoms with Gasteiger partial charge < -0.3 is 4.57 Å². The van der Waals surface area contributed by atoms with Gasteiger partial charge in [0.05, 0.1) is 0 Å². The summed E-state index contributed by atoms with van der Waals surface area (Å²) in [7, 11) is 0. The quantitative estimate of drug-likeness (QED) is 0.812. The Kier molecular flexibility index (Phi) is 3.24. The minimum absolute atomic E-state index is 0.0136. The Hall–Kier alpha value is -0.570. The van der Waals surface area contributed by atoms with Crippen LogP contribution in [0.1, 0.15) is 52.3 Å². The van der Waals surface area contributed by atoms with Crippen molar-refractivity contribution in [3.05, 3.63) is 11.1 Å². The zero-order valence-corrected chi connectivity index (χ0v) is 11.1. The number of rotatable bonds is 3. The van der Waals surface area contributed by atoms with E-state index in [1.807, 2.05) is 0 Å². The molecule has 0 atom stereocenters. The lowest BCUT2D eigenvalue weighted by Crippen LogP contribution is -2.21. The van der Waals surface area contributed by atoms with E-state index in [9.17, 15) is 0 Å². The van der Waals surface area contributed by atoms with Crippen molar-refractivity contribution in [2.45, 2.75) is 58.4 Å². The molecule has 0 unspecified atom stereocenters. The highest BCUT2D eigenvalue weighted by Gasteiger charge is 2.24. The Bertz CT molecular complexity index is 361. The van der Waals surface area contributed by atoms with Crippen molar-refractivity contribution in [1.82, 2.24) is 14.8 Å². The third-order valence-electron chi connectivity index (χ3n) is 3.36.